The minimum Gasteiger partial charge on any atom is -0.508 e. The number of nitrogens with one attached hydrogen (secondary N) is 4. The van der Waals surface area contributed by atoms with Crippen LogP contribution in [0.5, 0.6) is 5.75 Å². The van der Waals surface area contributed by atoms with E-state index in [-0.39, 0.29) is 42.1 Å². The van der Waals surface area contributed by atoms with Crippen LogP contribution < -0.4 is 26.4 Å². The molecule has 15 heteroatoms. The van der Waals surface area contributed by atoms with Gasteiger partial charge in [-0.1, -0.05) is 18.2 Å². The van der Waals surface area contributed by atoms with E-state index in [2.05, 4.69) is 25.9 Å². The summed E-state index contributed by atoms with van der Waals surface area (Å²) in [4.78, 5) is 61.1. The lowest BCUT2D eigenvalue weighted by Gasteiger charge is -2.20. The molecule has 2 aromatic carbocycles. The smallest absolute Gasteiger partial charge is 0.420 e. The number of carbonyl (C=O) groups excluding carboxylic acids is 3. The maximum atomic E-state index is 13.6. The molecule has 0 fully saturated rings. The lowest BCUT2D eigenvalue weighted by molar-refractivity contribution is -0.121. The van der Waals surface area contributed by atoms with Crippen LogP contribution in [0.3, 0.4) is 0 Å². The molecule has 0 unspecified atom stereocenters. The Labute approximate surface area is 288 Å². The highest BCUT2D eigenvalue weighted by Crippen LogP contribution is 2.28. The Kier molecular flexibility index (Phi) is 11.9. The minimum atomic E-state index is -0.751. The summed E-state index contributed by atoms with van der Waals surface area (Å²) < 4.78 is 11.8. The van der Waals surface area contributed by atoms with Crippen molar-refractivity contribution in [2.75, 3.05) is 15.5 Å². The number of pyridine rings is 1. The lowest BCUT2D eigenvalue weighted by atomic mass is 10.1. The molecule has 0 aliphatic rings. The maximum Gasteiger partial charge on any atom is 0.420 e. The quantitative estimate of drug-likeness (QED) is 0.0970. The van der Waals surface area contributed by atoms with Crippen LogP contribution in [0.25, 0.3) is 11.3 Å². The van der Waals surface area contributed by atoms with Crippen molar-refractivity contribution in [1.82, 2.24) is 19.9 Å². The molecule has 262 valence electrons. The molecule has 2 heterocycles. The van der Waals surface area contributed by atoms with Crippen LogP contribution in [0.2, 0.25) is 0 Å². The number of benzene rings is 2. The molecule has 50 heavy (non-hydrogen) atoms. The highest BCUT2D eigenvalue weighted by molar-refractivity contribution is 6.04. The number of carbonyl (C=O) groups is 3. The molecule has 0 spiro atoms. The topological polar surface area (TPSA) is 201 Å². The number of aromatic nitrogens is 3. The Morgan fingerprint density at radius 2 is 1.80 bits per heavy atom. The van der Waals surface area contributed by atoms with Crippen LogP contribution in [0.15, 0.2) is 78.0 Å². The molecule has 4 aromatic rings. The number of hydrogen-bond donors (Lipinski definition) is 5. The third-order valence-corrected chi connectivity index (χ3v) is 6.76. The number of ether oxygens (including phenoxy) is 2. The molecule has 0 atom stereocenters. The van der Waals surface area contributed by atoms with Gasteiger partial charge in [-0.15, -0.1) is 0 Å². The average molecular weight is 685 g/mol. The van der Waals surface area contributed by atoms with E-state index in [1.54, 1.807) is 69.6 Å². The van der Waals surface area contributed by atoms with Gasteiger partial charge >= 0.3 is 12.2 Å². The number of anilines is 3. The van der Waals surface area contributed by atoms with Crippen LogP contribution in [0, 0.1) is 5.41 Å². The van der Waals surface area contributed by atoms with Crippen molar-refractivity contribution in [3.8, 4) is 17.0 Å². The number of nitrogens with zero attached hydrogens (tertiary/aromatic N) is 4. The molecular weight excluding hydrogens is 644 g/mol. The van der Waals surface area contributed by atoms with Gasteiger partial charge in [-0.2, -0.15) is 0 Å². The highest BCUT2D eigenvalue weighted by atomic mass is 16.6. The first-order valence-electron chi connectivity index (χ1n) is 15.6. The fourth-order valence-corrected chi connectivity index (χ4v) is 4.61. The third kappa shape index (κ3) is 10.4. The maximum absolute atomic E-state index is 13.6. The van der Waals surface area contributed by atoms with Crippen molar-refractivity contribution in [3.63, 3.8) is 0 Å². The zero-order valence-corrected chi connectivity index (χ0v) is 28.4. The summed E-state index contributed by atoms with van der Waals surface area (Å²) in [6.45, 7) is 8.53. The van der Waals surface area contributed by atoms with E-state index >= 15 is 0 Å². The van der Waals surface area contributed by atoms with Crippen LogP contribution >= 0.6 is 0 Å². The molecule has 0 aliphatic carbocycles. The standard InChI is InChI=1S/C35H40N8O7/c1-22(2)40-31-32(46)42(29(18-39-31)25-13-26(15-28(44)14-25)41-33(47)50-35(3,4)5)19-30(45)38-17-23-8-10-27(11-9-23)43(21-36)34(48)49-20-24-7-6-12-37-16-24/h6-16,18,21-22,36,44H,17,19-20H2,1-5H3,(H,38,45)(H,39,40)(H,41,47). The van der Waals surface area contributed by atoms with Gasteiger partial charge in [0.2, 0.25) is 5.91 Å². The Hall–Kier alpha value is -6.25. The minimum absolute atomic E-state index is 0.00595. The molecule has 0 saturated carbocycles. The second kappa shape index (κ2) is 16.2. The van der Waals surface area contributed by atoms with Crippen LogP contribution in [-0.4, -0.2) is 55.7 Å². The molecule has 15 nitrogen and oxygen atoms in total. The average Bonchev–Trinajstić information content (AvgIpc) is 3.04. The first-order chi connectivity index (χ1) is 23.7. The number of aromatic hydroxyl groups is 1. The van der Waals surface area contributed by atoms with Gasteiger partial charge in [0.05, 0.1) is 23.9 Å². The van der Waals surface area contributed by atoms with Gasteiger partial charge in [-0.05, 0) is 70.5 Å². The van der Waals surface area contributed by atoms with Gasteiger partial charge < -0.3 is 25.2 Å². The Bertz CT molecular complexity index is 1890. The van der Waals surface area contributed by atoms with Gasteiger partial charge in [0, 0.05) is 47.9 Å². The van der Waals surface area contributed by atoms with E-state index < -0.39 is 35.8 Å². The van der Waals surface area contributed by atoms with Crippen molar-refractivity contribution in [1.29, 1.82) is 5.41 Å². The Morgan fingerprint density at radius 3 is 2.44 bits per heavy atom. The molecule has 2 aromatic heterocycles. The molecule has 3 amide bonds. The summed E-state index contributed by atoms with van der Waals surface area (Å²) in [7, 11) is 0. The second-order valence-corrected chi connectivity index (χ2v) is 12.4. The van der Waals surface area contributed by atoms with Crippen LogP contribution in [0.1, 0.15) is 45.7 Å². The first-order valence-corrected chi connectivity index (χ1v) is 15.6. The predicted molar refractivity (Wildman–Crippen MR) is 188 cm³/mol. The number of phenols is 1. The highest BCUT2D eigenvalue weighted by Gasteiger charge is 2.20. The van der Waals surface area contributed by atoms with Crippen LogP contribution in [0.4, 0.5) is 26.8 Å². The Balaban J connectivity index is 1.49. The van der Waals surface area contributed by atoms with Crippen LogP contribution in [-0.2, 0) is 34.0 Å². The number of phenolic OH excluding ortho intramolecular Hbond substituents is 1. The van der Waals surface area contributed by atoms with E-state index in [1.165, 1.54) is 29.0 Å². The van der Waals surface area contributed by atoms with E-state index in [0.717, 1.165) is 11.2 Å². The summed E-state index contributed by atoms with van der Waals surface area (Å²) in [5.41, 5.74) is 1.19. The lowest BCUT2D eigenvalue weighted by Crippen LogP contribution is -2.35. The van der Waals surface area contributed by atoms with Gasteiger partial charge in [-0.3, -0.25) is 29.9 Å². The zero-order chi connectivity index (χ0) is 36.4. The van der Waals surface area contributed by atoms with Gasteiger partial charge in [0.1, 0.15) is 24.5 Å². The SMILES string of the molecule is CC(C)Nc1ncc(-c2cc(O)cc(NC(=O)OC(C)(C)C)c2)n(CC(=O)NCc2ccc(N(C=N)C(=O)OCc3cccnc3)cc2)c1=O. The normalized spacial score (nSPS) is 11.0. The fourth-order valence-electron chi connectivity index (χ4n) is 4.61. The Morgan fingerprint density at radius 1 is 1.06 bits per heavy atom. The number of hydrogen-bond acceptors (Lipinski definition) is 11. The van der Waals surface area contributed by atoms with E-state index in [9.17, 15) is 24.3 Å². The summed E-state index contributed by atoms with van der Waals surface area (Å²) >= 11 is 0. The summed E-state index contributed by atoms with van der Waals surface area (Å²) in [5, 5.41) is 26.5. The van der Waals surface area contributed by atoms with E-state index in [0.29, 0.717) is 22.4 Å². The fraction of sp³-hybridized carbons (Fsp3) is 0.286. The van der Waals surface area contributed by atoms with Crippen molar-refractivity contribution in [2.24, 2.45) is 0 Å². The van der Waals surface area contributed by atoms with Gasteiger partial charge in [0.15, 0.2) is 5.82 Å². The van der Waals surface area contributed by atoms with Crippen molar-refractivity contribution in [3.05, 3.63) is 94.7 Å². The summed E-state index contributed by atoms with van der Waals surface area (Å²) in [6.07, 6.45) is 3.96. The number of rotatable bonds is 12. The summed E-state index contributed by atoms with van der Waals surface area (Å²) in [6, 6.07) is 14.2. The molecule has 4 rings (SSSR count). The van der Waals surface area contributed by atoms with Gasteiger partial charge in [-0.25, -0.2) is 19.5 Å². The first kappa shape index (κ1) is 36.6. The number of amides is 3. The molecule has 0 radical (unpaired) electrons. The summed E-state index contributed by atoms with van der Waals surface area (Å²) in [5.74, 6) is -0.659. The van der Waals surface area contributed by atoms with Crippen molar-refractivity contribution in [2.45, 2.75) is 66.0 Å². The molecule has 0 saturated heterocycles. The third-order valence-electron chi connectivity index (χ3n) is 6.76. The molecular formula is C35H40N8O7. The van der Waals surface area contributed by atoms with E-state index in [1.807, 2.05) is 13.8 Å². The van der Waals surface area contributed by atoms with Crippen molar-refractivity contribution >= 4 is 41.6 Å². The van der Waals surface area contributed by atoms with E-state index in [4.69, 9.17) is 14.9 Å². The van der Waals surface area contributed by atoms with Gasteiger partial charge in [0.25, 0.3) is 5.56 Å². The monoisotopic (exact) mass is 684 g/mol. The molecule has 0 bridgehead atoms. The zero-order valence-electron chi connectivity index (χ0n) is 28.4. The van der Waals surface area contributed by atoms with Crippen molar-refractivity contribution < 1.29 is 29.0 Å². The molecule has 5 N–H and O–H groups in total. The largest absolute Gasteiger partial charge is 0.508 e. The molecule has 0 aliphatic heterocycles. The predicted octanol–water partition coefficient (Wildman–Crippen LogP) is 5.24. The second-order valence-electron chi connectivity index (χ2n) is 12.4.